The third-order valence-corrected chi connectivity index (χ3v) is 1.89. The van der Waals surface area contributed by atoms with E-state index in [1.165, 1.54) is 19.1 Å². The summed E-state index contributed by atoms with van der Waals surface area (Å²) in [6, 6.07) is 3.38. The van der Waals surface area contributed by atoms with Gasteiger partial charge >= 0.3 is 6.18 Å². The molecule has 0 aliphatic heterocycles. The molecule has 0 fully saturated rings. The molecule has 0 atom stereocenters. The van der Waals surface area contributed by atoms with E-state index < -0.39 is 31.2 Å². The third kappa shape index (κ3) is 4.70. The molecule has 7 heteroatoms. The molecule has 0 aromatic heterocycles. The van der Waals surface area contributed by atoms with E-state index in [4.69, 9.17) is 4.74 Å². The fourth-order valence-corrected chi connectivity index (χ4v) is 1.14. The van der Waals surface area contributed by atoms with Gasteiger partial charge in [0.2, 0.25) is 0 Å². The first-order valence-electron chi connectivity index (χ1n) is 4.87. The summed E-state index contributed by atoms with van der Waals surface area (Å²) in [6.07, 6.45) is -4.44. The number of ether oxygens (including phenoxy) is 2. The van der Waals surface area contributed by atoms with Crippen molar-refractivity contribution in [3.05, 3.63) is 29.6 Å². The number of carbonyl (C=O) groups is 1. The Labute approximate surface area is 100 Å². The molecule has 0 amide bonds. The summed E-state index contributed by atoms with van der Waals surface area (Å²) in [6.45, 7) is -0.898. The zero-order chi connectivity index (χ0) is 13.8. The van der Waals surface area contributed by atoms with Gasteiger partial charge in [0.1, 0.15) is 18.2 Å². The highest BCUT2D eigenvalue weighted by Crippen LogP contribution is 2.18. The van der Waals surface area contributed by atoms with Gasteiger partial charge in [-0.25, -0.2) is 4.39 Å². The molecule has 1 aromatic rings. The molecule has 100 valence electrons. The van der Waals surface area contributed by atoms with Gasteiger partial charge in [0.15, 0.2) is 12.6 Å². The van der Waals surface area contributed by atoms with Crippen LogP contribution >= 0.6 is 0 Å². The lowest BCUT2D eigenvalue weighted by molar-refractivity contribution is -0.186. The Hall–Kier alpha value is -1.63. The Morgan fingerprint density at radius 1 is 1.33 bits per heavy atom. The topological polar surface area (TPSA) is 35.5 Å². The summed E-state index contributed by atoms with van der Waals surface area (Å²) in [4.78, 5) is 10.9. The third-order valence-electron chi connectivity index (χ3n) is 1.89. The molecule has 0 aliphatic rings. The number of halogens is 4. The lowest BCUT2D eigenvalue weighted by Gasteiger charge is -2.09. The quantitative estimate of drug-likeness (QED) is 0.356. The Kier molecular flexibility index (Phi) is 4.66. The minimum atomic E-state index is -4.44. The van der Waals surface area contributed by atoms with Crippen LogP contribution in [0.2, 0.25) is 0 Å². The van der Waals surface area contributed by atoms with Crippen LogP contribution in [-0.4, -0.2) is 25.4 Å². The molecule has 0 unspecified atom stereocenters. The first-order valence-corrected chi connectivity index (χ1v) is 4.87. The molecule has 0 saturated carbocycles. The molecule has 1 aromatic carbocycles. The van der Waals surface area contributed by atoms with Gasteiger partial charge in [-0.3, -0.25) is 4.79 Å². The van der Waals surface area contributed by atoms with Crippen molar-refractivity contribution in [1.82, 2.24) is 0 Å². The van der Waals surface area contributed by atoms with Crippen molar-refractivity contribution in [3.8, 4) is 5.75 Å². The van der Waals surface area contributed by atoms with Crippen LogP contribution in [0, 0.1) is 5.82 Å². The monoisotopic (exact) mass is 266 g/mol. The number of alkyl halides is 3. The largest absolute Gasteiger partial charge is 0.467 e. The maximum Gasteiger partial charge on any atom is 0.411 e. The highest BCUT2D eigenvalue weighted by Gasteiger charge is 2.27. The smallest absolute Gasteiger partial charge is 0.411 e. The van der Waals surface area contributed by atoms with Gasteiger partial charge in [0, 0.05) is 6.07 Å². The zero-order valence-electron chi connectivity index (χ0n) is 9.38. The van der Waals surface area contributed by atoms with Gasteiger partial charge in [-0.2, -0.15) is 13.2 Å². The van der Waals surface area contributed by atoms with Crippen LogP contribution in [0.5, 0.6) is 5.75 Å². The van der Waals surface area contributed by atoms with Crippen molar-refractivity contribution >= 4 is 5.78 Å². The first-order chi connectivity index (χ1) is 8.29. The first kappa shape index (κ1) is 14.4. The minimum absolute atomic E-state index is 0.0142. The summed E-state index contributed by atoms with van der Waals surface area (Å²) >= 11 is 0. The summed E-state index contributed by atoms with van der Waals surface area (Å²) < 4.78 is 57.3. The lowest BCUT2D eigenvalue weighted by Crippen LogP contribution is -2.19. The number of hydrogen-bond acceptors (Lipinski definition) is 3. The summed E-state index contributed by atoms with van der Waals surface area (Å²) in [5.74, 6) is -1.26. The SMILES string of the molecule is CC(=O)c1ccc(OCOCC(F)(F)F)cc1F. The number of benzene rings is 1. The number of rotatable bonds is 5. The Morgan fingerprint density at radius 2 is 2.00 bits per heavy atom. The van der Waals surface area contributed by atoms with Crippen molar-refractivity contribution in [2.75, 3.05) is 13.4 Å². The summed E-state index contributed by atoms with van der Waals surface area (Å²) in [5.41, 5.74) is -0.112. The van der Waals surface area contributed by atoms with E-state index in [-0.39, 0.29) is 11.3 Å². The molecule has 18 heavy (non-hydrogen) atoms. The van der Waals surface area contributed by atoms with Gasteiger partial charge in [-0.05, 0) is 19.1 Å². The number of hydrogen-bond donors (Lipinski definition) is 0. The second-order valence-corrected chi connectivity index (χ2v) is 3.42. The maximum atomic E-state index is 13.3. The standard InChI is InChI=1S/C11H10F4O3/c1-7(16)9-3-2-8(4-10(9)12)18-6-17-5-11(13,14)15/h2-4H,5-6H2,1H3. The normalized spacial score (nSPS) is 11.4. The second-order valence-electron chi connectivity index (χ2n) is 3.42. The molecular formula is C11H10F4O3. The Balaban J connectivity index is 2.49. The summed E-state index contributed by atoms with van der Waals surface area (Å²) in [5, 5.41) is 0. The van der Waals surface area contributed by atoms with E-state index in [1.54, 1.807) is 0 Å². The predicted octanol–water partition coefficient (Wildman–Crippen LogP) is 2.94. The van der Waals surface area contributed by atoms with Crippen molar-refractivity contribution in [2.24, 2.45) is 0 Å². The van der Waals surface area contributed by atoms with Crippen molar-refractivity contribution in [1.29, 1.82) is 0 Å². The average molecular weight is 266 g/mol. The number of carbonyl (C=O) groups excluding carboxylic acids is 1. The highest BCUT2D eigenvalue weighted by atomic mass is 19.4. The molecule has 3 nitrogen and oxygen atoms in total. The zero-order valence-corrected chi connectivity index (χ0v) is 9.38. The van der Waals surface area contributed by atoms with E-state index in [2.05, 4.69) is 4.74 Å². The van der Waals surface area contributed by atoms with E-state index in [0.29, 0.717) is 0 Å². The second kappa shape index (κ2) is 5.81. The van der Waals surface area contributed by atoms with Crippen LogP contribution in [0.25, 0.3) is 0 Å². The summed E-state index contributed by atoms with van der Waals surface area (Å²) in [7, 11) is 0. The van der Waals surface area contributed by atoms with Crippen molar-refractivity contribution < 1.29 is 31.8 Å². The fraction of sp³-hybridized carbons (Fsp3) is 0.364. The van der Waals surface area contributed by atoms with Gasteiger partial charge in [-0.15, -0.1) is 0 Å². The highest BCUT2D eigenvalue weighted by molar-refractivity contribution is 5.94. The molecule has 0 radical (unpaired) electrons. The molecule has 0 N–H and O–H groups in total. The van der Waals surface area contributed by atoms with Crippen LogP contribution in [0.3, 0.4) is 0 Å². The van der Waals surface area contributed by atoms with Crippen LogP contribution in [0.1, 0.15) is 17.3 Å². The Morgan fingerprint density at radius 3 is 2.50 bits per heavy atom. The minimum Gasteiger partial charge on any atom is -0.467 e. The molecule has 0 heterocycles. The van der Waals surface area contributed by atoms with Crippen LogP contribution in [0.4, 0.5) is 17.6 Å². The van der Waals surface area contributed by atoms with Crippen LogP contribution < -0.4 is 4.74 Å². The van der Waals surface area contributed by atoms with Gasteiger partial charge in [0.25, 0.3) is 0 Å². The van der Waals surface area contributed by atoms with Crippen LogP contribution in [0.15, 0.2) is 18.2 Å². The maximum absolute atomic E-state index is 13.3. The lowest BCUT2D eigenvalue weighted by atomic mass is 10.1. The van der Waals surface area contributed by atoms with Crippen LogP contribution in [-0.2, 0) is 4.74 Å². The molecule has 0 spiro atoms. The molecule has 0 aliphatic carbocycles. The van der Waals surface area contributed by atoms with Crippen molar-refractivity contribution in [2.45, 2.75) is 13.1 Å². The van der Waals surface area contributed by atoms with E-state index in [9.17, 15) is 22.4 Å². The fourth-order valence-electron chi connectivity index (χ4n) is 1.14. The molecular weight excluding hydrogens is 256 g/mol. The van der Waals surface area contributed by atoms with Gasteiger partial charge < -0.3 is 9.47 Å². The van der Waals surface area contributed by atoms with E-state index in [1.807, 2.05) is 0 Å². The molecule has 0 bridgehead atoms. The van der Waals surface area contributed by atoms with Gasteiger partial charge in [-0.1, -0.05) is 0 Å². The van der Waals surface area contributed by atoms with E-state index >= 15 is 0 Å². The van der Waals surface area contributed by atoms with Crippen molar-refractivity contribution in [3.63, 3.8) is 0 Å². The predicted molar refractivity (Wildman–Crippen MR) is 53.9 cm³/mol. The molecule has 0 saturated heterocycles. The Bertz CT molecular complexity index is 429. The number of Topliss-reactive ketones (excluding diaryl/α,β-unsaturated/α-hetero) is 1. The van der Waals surface area contributed by atoms with E-state index in [0.717, 1.165) is 6.07 Å². The number of ketones is 1. The average Bonchev–Trinajstić information content (AvgIpc) is 2.22. The van der Waals surface area contributed by atoms with Gasteiger partial charge in [0.05, 0.1) is 5.56 Å². The molecule has 1 rings (SSSR count).